The fraction of sp³-hybridized carbons (Fsp3) is 0.111. The van der Waals surface area contributed by atoms with Gasteiger partial charge in [0.05, 0.1) is 16.3 Å². The van der Waals surface area contributed by atoms with E-state index in [9.17, 15) is 13.8 Å². The molecular formula is C9H8N2O4S. The topological polar surface area (TPSA) is 95.5 Å². The fourth-order valence-electron chi connectivity index (χ4n) is 1.38. The van der Waals surface area contributed by atoms with Crippen molar-refractivity contribution in [2.45, 2.75) is 11.3 Å². The van der Waals surface area contributed by atoms with Gasteiger partial charge in [-0.2, -0.15) is 0 Å². The number of amides is 2. The minimum atomic E-state index is -2.12. The first-order chi connectivity index (χ1) is 7.56. The van der Waals surface area contributed by atoms with E-state index in [1.807, 2.05) is 0 Å². The van der Waals surface area contributed by atoms with Gasteiger partial charge in [-0.25, -0.2) is 4.21 Å². The second-order valence-corrected chi connectivity index (χ2v) is 4.20. The Kier molecular flexibility index (Phi) is 2.71. The van der Waals surface area contributed by atoms with Gasteiger partial charge in [-0.3, -0.25) is 9.59 Å². The van der Waals surface area contributed by atoms with Crippen LogP contribution in [0.25, 0.3) is 0 Å². The van der Waals surface area contributed by atoms with E-state index < -0.39 is 22.9 Å². The van der Waals surface area contributed by atoms with Crippen LogP contribution in [0.2, 0.25) is 0 Å². The number of rotatable bonds is 1. The molecule has 1 atom stereocenters. The van der Waals surface area contributed by atoms with Crippen molar-refractivity contribution in [3.05, 3.63) is 18.2 Å². The number of hydrogen-bond acceptors (Lipinski definition) is 3. The third-order valence-electron chi connectivity index (χ3n) is 2.06. The summed E-state index contributed by atoms with van der Waals surface area (Å²) in [4.78, 5) is 22.6. The maximum absolute atomic E-state index is 11.2. The summed E-state index contributed by atoms with van der Waals surface area (Å²) < 4.78 is 19.7. The number of benzene rings is 1. The molecule has 0 fully saturated rings. The number of fused-ring (bicyclic) bond motifs is 1. The molecule has 6 nitrogen and oxygen atoms in total. The van der Waals surface area contributed by atoms with E-state index in [1.54, 1.807) is 0 Å². The third-order valence-corrected chi connectivity index (χ3v) is 2.72. The summed E-state index contributed by atoms with van der Waals surface area (Å²) >= 11 is -2.12. The van der Waals surface area contributed by atoms with E-state index in [4.69, 9.17) is 4.55 Å². The molecule has 0 saturated carbocycles. The van der Waals surface area contributed by atoms with Crippen LogP contribution >= 0.6 is 0 Å². The Morgan fingerprint density at radius 1 is 1.12 bits per heavy atom. The zero-order valence-electron chi connectivity index (χ0n) is 8.02. The molecule has 0 spiro atoms. The highest BCUT2D eigenvalue weighted by Crippen LogP contribution is 2.26. The number of hydrogen-bond donors (Lipinski definition) is 3. The summed E-state index contributed by atoms with van der Waals surface area (Å²) in [5.74, 6) is -0.855. The predicted octanol–water partition coefficient (Wildman–Crippen LogP) is 0.548. The first-order valence-corrected chi connectivity index (χ1v) is 5.51. The van der Waals surface area contributed by atoms with Crippen molar-refractivity contribution < 1.29 is 18.4 Å². The van der Waals surface area contributed by atoms with Gasteiger partial charge in [0.15, 0.2) is 11.1 Å². The second-order valence-electron chi connectivity index (χ2n) is 3.23. The predicted molar refractivity (Wildman–Crippen MR) is 57.4 cm³/mol. The summed E-state index contributed by atoms with van der Waals surface area (Å²) in [6.07, 6.45) is -0.258. The van der Waals surface area contributed by atoms with Gasteiger partial charge in [0.2, 0.25) is 11.8 Å². The van der Waals surface area contributed by atoms with Crippen LogP contribution in [-0.4, -0.2) is 20.6 Å². The van der Waals surface area contributed by atoms with Crippen LogP contribution in [0.15, 0.2) is 23.1 Å². The van der Waals surface area contributed by atoms with E-state index in [0.717, 1.165) is 0 Å². The molecule has 1 heterocycles. The zero-order chi connectivity index (χ0) is 11.7. The molecule has 1 aliphatic heterocycles. The smallest absolute Gasteiger partial charge is 0.233 e. The van der Waals surface area contributed by atoms with Crippen molar-refractivity contribution in [1.82, 2.24) is 0 Å². The Hall–Kier alpha value is -1.73. The number of anilines is 2. The van der Waals surface area contributed by atoms with Crippen molar-refractivity contribution in [2.24, 2.45) is 0 Å². The number of carbonyl (C=O) groups is 2. The molecule has 2 amide bonds. The van der Waals surface area contributed by atoms with Crippen LogP contribution in [0.1, 0.15) is 6.42 Å². The molecule has 16 heavy (non-hydrogen) atoms. The molecule has 0 aromatic heterocycles. The second kappa shape index (κ2) is 4.03. The largest absolute Gasteiger partial charge is 0.324 e. The van der Waals surface area contributed by atoms with E-state index in [1.165, 1.54) is 18.2 Å². The molecule has 0 bridgehead atoms. The minimum Gasteiger partial charge on any atom is -0.324 e. The Bertz CT molecular complexity index is 500. The van der Waals surface area contributed by atoms with Gasteiger partial charge < -0.3 is 15.2 Å². The van der Waals surface area contributed by atoms with Crippen LogP contribution in [0, 0.1) is 0 Å². The number of nitrogens with one attached hydrogen (secondary N) is 2. The van der Waals surface area contributed by atoms with Gasteiger partial charge in [0.1, 0.15) is 6.42 Å². The van der Waals surface area contributed by atoms with Gasteiger partial charge in [0.25, 0.3) is 0 Å². The van der Waals surface area contributed by atoms with Gasteiger partial charge in [0, 0.05) is 0 Å². The lowest BCUT2D eigenvalue weighted by Gasteiger charge is -2.07. The molecule has 1 unspecified atom stereocenters. The summed E-state index contributed by atoms with van der Waals surface area (Å²) in [7, 11) is 0. The summed E-state index contributed by atoms with van der Waals surface area (Å²) in [6, 6.07) is 4.24. The lowest BCUT2D eigenvalue weighted by atomic mass is 10.2. The van der Waals surface area contributed by atoms with Crippen LogP contribution in [0.4, 0.5) is 11.4 Å². The van der Waals surface area contributed by atoms with Crippen LogP contribution in [0.3, 0.4) is 0 Å². The normalized spacial score (nSPS) is 16.8. The minimum absolute atomic E-state index is 0.162. The van der Waals surface area contributed by atoms with Crippen LogP contribution in [-0.2, 0) is 20.7 Å². The van der Waals surface area contributed by atoms with Gasteiger partial charge in [-0.15, -0.1) is 0 Å². The Morgan fingerprint density at radius 3 is 2.38 bits per heavy atom. The van der Waals surface area contributed by atoms with Gasteiger partial charge in [-0.1, -0.05) is 0 Å². The summed E-state index contributed by atoms with van der Waals surface area (Å²) in [5.41, 5.74) is 0.751. The highest BCUT2D eigenvalue weighted by Gasteiger charge is 2.18. The third kappa shape index (κ3) is 2.10. The first kappa shape index (κ1) is 10.8. The van der Waals surface area contributed by atoms with E-state index in [0.29, 0.717) is 11.4 Å². The van der Waals surface area contributed by atoms with Crippen molar-refractivity contribution in [3.8, 4) is 0 Å². The standard InChI is InChI=1S/C9H8N2O4S/c12-8-4-9(13)11-7-3-5(16(14)15)1-2-6(7)10-8/h1-3H,4H2,(H,10,12)(H,11,13)(H,14,15). The fourth-order valence-corrected chi connectivity index (χ4v) is 1.78. The zero-order valence-corrected chi connectivity index (χ0v) is 8.84. The van der Waals surface area contributed by atoms with E-state index >= 15 is 0 Å². The molecular weight excluding hydrogens is 232 g/mol. The molecule has 3 N–H and O–H groups in total. The lowest BCUT2D eigenvalue weighted by Crippen LogP contribution is -2.16. The molecule has 84 valence electrons. The van der Waals surface area contributed by atoms with Crippen molar-refractivity contribution in [1.29, 1.82) is 0 Å². The van der Waals surface area contributed by atoms with Crippen molar-refractivity contribution >= 4 is 34.3 Å². The van der Waals surface area contributed by atoms with E-state index in [-0.39, 0.29) is 11.3 Å². The highest BCUT2D eigenvalue weighted by molar-refractivity contribution is 7.79. The molecule has 1 aliphatic rings. The number of carbonyl (C=O) groups excluding carboxylic acids is 2. The maximum Gasteiger partial charge on any atom is 0.233 e. The molecule has 0 saturated heterocycles. The summed E-state index contributed by atoms with van der Waals surface area (Å²) in [6.45, 7) is 0. The Labute approximate surface area is 93.3 Å². The van der Waals surface area contributed by atoms with Gasteiger partial charge >= 0.3 is 0 Å². The monoisotopic (exact) mass is 240 g/mol. The summed E-state index contributed by atoms with van der Waals surface area (Å²) in [5, 5.41) is 5.00. The van der Waals surface area contributed by atoms with Crippen LogP contribution in [0.5, 0.6) is 0 Å². The molecule has 1 aromatic carbocycles. The van der Waals surface area contributed by atoms with Gasteiger partial charge in [-0.05, 0) is 18.2 Å². The van der Waals surface area contributed by atoms with Crippen molar-refractivity contribution in [3.63, 3.8) is 0 Å². The Morgan fingerprint density at radius 2 is 1.75 bits per heavy atom. The SMILES string of the molecule is O=C1CC(=O)Nc2cc(S(=O)O)ccc2N1. The van der Waals surface area contributed by atoms with Crippen molar-refractivity contribution in [2.75, 3.05) is 10.6 Å². The average molecular weight is 240 g/mol. The Balaban J connectivity index is 2.46. The molecule has 0 radical (unpaired) electrons. The molecule has 0 aliphatic carbocycles. The van der Waals surface area contributed by atoms with Crippen LogP contribution < -0.4 is 10.6 Å². The lowest BCUT2D eigenvalue weighted by molar-refractivity contribution is -0.123. The molecule has 7 heteroatoms. The highest BCUT2D eigenvalue weighted by atomic mass is 32.2. The average Bonchev–Trinajstić information content (AvgIpc) is 2.32. The molecule has 2 rings (SSSR count). The maximum atomic E-state index is 11.2. The molecule has 1 aromatic rings. The van der Waals surface area contributed by atoms with E-state index in [2.05, 4.69) is 10.6 Å². The first-order valence-electron chi connectivity index (χ1n) is 4.41. The quantitative estimate of drug-likeness (QED) is 0.493.